The van der Waals surface area contributed by atoms with Crippen molar-refractivity contribution in [2.24, 2.45) is 4.99 Å². The van der Waals surface area contributed by atoms with Gasteiger partial charge in [0.05, 0.1) is 0 Å². The van der Waals surface area contributed by atoms with E-state index in [1.807, 2.05) is 0 Å². The number of aliphatic imine (C=N–C) groups is 1. The van der Waals surface area contributed by atoms with Gasteiger partial charge in [-0.15, -0.1) is 0 Å². The van der Waals surface area contributed by atoms with Crippen LogP contribution < -0.4 is 0 Å². The summed E-state index contributed by atoms with van der Waals surface area (Å²) in [5.41, 5.74) is -1.73. The van der Waals surface area contributed by atoms with E-state index < -0.39 is 22.3 Å². The maximum atomic E-state index is 12.6. The van der Waals surface area contributed by atoms with E-state index in [1.54, 1.807) is 0 Å². The average molecular weight is 320 g/mol. The highest BCUT2D eigenvalue weighted by Gasteiger charge is 2.36. The zero-order chi connectivity index (χ0) is 13.9. The van der Waals surface area contributed by atoms with Crippen molar-refractivity contribution < 1.29 is 17.6 Å². The van der Waals surface area contributed by atoms with Crippen molar-refractivity contribution >= 4 is 40.0 Å². The summed E-state index contributed by atoms with van der Waals surface area (Å²) in [6, 6.07) is 5.49. The van der Waals surface area contributed by atoms with E-state index in [0.29, 0.717) is 5.02 Å². The van der Waals surface area contributed by atoms with Crippen LogP contribution in [0.2, 0.25) is 5.02 Å². The molecule has 0 aliphatic heterocycles. The number of hydrogen-bond donors (Lipinski definition) is 0. The van der Waals surface area contributed by atoms with E-state index in [9.17, 15) is 17.6 Å². The van der Waals surface area contributed by atoms with Gasteiger partial charge in [-0.3, -0.25) is 0 Å². The molecule has 0 spiro atoms. The van der Waals surface area contributed by atoms with Crippen molar-refractivity contribution in [1.29, 1.82) is 0 Å². The molecule has 0 saturated carbocycles. The molecule has 0 radical (unpaired) electrons. The molecule has 0 atom stereocenters. The van der Waals surface area contributed by atoms with Crippen molar-refractivity contribution in [2.45, 2.75) is 5.38 Å². The summed E-state index contributed by atoms with van der Waals surface area (Å²) in [4.78, 5) is 2.93. The van der Waals surface area contributed by atoms with Gasteiger partial charge in [0, 0.05) is 10.6 Å². The first-order valence-corrected chi connectivity index (χ1v) is 5.48. The Morgan fingerprint density at radius 1 is 1.11 bits per heavy atom. The molecule has 0 fully saturated rings. The van der Waals surface area contributed by atoms with Crippen molar-refractivity contribution in [3.8, 4) is 0 Å². The Hall–Kier alpha value is -0.780. The standard InChI is InChI=1S/C10H4Cl3F4N/c11-6-3-1-5(2-4-6)8(12)18-7(9(14)15)10(13,16)17/h1-4H. The molecule has 0 aliphatic carbocycles. The highest BCUT2D eigenvalue weighted by molar-refractivity contribution is 6.69. The number of rotatable bonds is 3. The maximum Gasteiger partial charge on any atom is 0.370 e. The molecule has 1 aromatic carbocycles. The van der Waals surface area contributed by atoms with Gasteiger partial charge in [0.25, 0.3) is 6.08 Å². The van der Waals surface area contributed by atoms with E-state index in [0.717, 1.165) is 0 Å². The van der Waals surface area contributed by atoms with E-state index in [-0.39, 0.29) is 5.56 Å². The molecule has 18 heavy (non-hydrogen) atoms. The van der Waals surface area contributed by atoms with Crippen LogP contribution in [0.5, 0.6) is 0 Å². The Balaban J connectivity index is 3.16. The largest absolute Gasteiger partial charge is 0.370 e. The maximum absolute atomic E-state index is 12.6. The van der Waals surface area contributed by atoms with E-state index >= 15 is 0 Å². The molecule has 0 bridgehead atoms. The van der Waals surface area contributed by atoms with Crippen LogP contribution in [0.25, 0.3) is 0 Å². The lowest BCUT2D eigenvalue weighted by atomic mass is 10.2. The molecular formula is C10H4Cl3F4N. The lowest BCUT2D eigenvalue weighted by Gasteiger charge is -2.08. The first kappa shape index (κ1) is 15.3. The monoisotopic (exact) mass is 319 g/mol. The average Bonchev–Trinajstić information content (AvgIpc) is 2.24. The van der Waals surface area contributed by atoms with Crippen LogP contribution >= 0.6 is 34.8 Å². The number of hydrogen-bond acceptors (Lipinski definition) is 1. The highest BCUT2D eigenvalue weighted by Crippen LogP contribution is 2.33. The minimum absolute atomic E-state index is 0.153. The van der Waals surface area contributed by atoms with Gasteiger partial charge in [0.1, 0.15) is 5.17 Å². The smallest absolute Gasteiger partial charge is 0.227 e. The van der Waals surface area contributed by atoms with Crippen molar-refractivity contribution in [3.05, 3.63) is 46.6 Å². The zero-order valence-electron chi connectivity index (χ0n) is 8.40. The van der Waals surface area contributed by atoms with Crippen molar-refractivity contribution in [2.75, 3.05) is 0 Å². The quantitative estimate of drug-likeness (QED) is 0.409. The number of allylic oxidation sites excluding steroid dienone is 1. The molecule has 0 aliphatic rings. The molecule has 0 amide bonds. The molecule has 0 aromatic heterocycles. The predicted molar refractivity (Wildman–Crippen MR) is 63.9 cm³/mol. The number of nitrogens with zero attached hydrogens (tertiary/aromatic N) is 1. The fraction of sp³-hybridized carbons (Fsp3) is 0.100. The van der Waals surface area contributed by atoms with Crippen LogP contribution in [0.15, 0.2) is 41.0 Å². The Morgan fingerprint density at radius 2 is 1.61 bits per heavy atom. The fourth-order valence-electron chi connectivity index (χ4n) is 0.963. The van der Waals surface area contributed by atoms with Gasteiger partial charge in [0.15, 0.2) is 5.70 Å². The second-order valence-electron chi connectivity index (χ2n) is 3.02. The van der Waals surface area contributed by atoms with Crippen LogP contribution in [-0.4, -0.2) is 10.6 Å². The van der Waals surface area contributed by atoms with Crippen molar-refractivity contribution in [1.82, 2.24) is 0 Å². The molecule has 0 heterocycles. The third-order valence-corrected chi connectivity index (χ3v) is 2.47. The summed E-state index contributed by atoms with van der Waals surface area (Å²) >= 11 is 15.6. The fourth-order valence-corrected chi connectivity index (χ4v) is 1.41. The first-order chi connectivity index (χ1) is 8.21. The van der Waals surface area contributed by atoms with Crippen molar-refractivity contribution in [3.63, 3.8) is 0 Å². The Morgan fingerprint density at radius 3 is 2.00 bits per heavy atom. The summed E-state index contributed by atoms with van der Waals surface area (Å²) in [6.45, 7) is 0. The van der Waals surface area contributed by atoms with Crippen LogP contribution in [0, 0.1) is 0 Å². The topological polar surface area (TPSA) is 12.4 Å². The lowest BCUT2D eigenvalue weighted by molar-refractivity contribution is 0.128. The molecule has 1 rings (SSSR count). The van der Waals surface area contributed by atoms with Gasteiger partial charge in [-0.1, -0.05) is 35.3 Å². The summed E-state index contributed by atoms with van der Waals surface area (Å²) in [5.74, 6) is 0. The third-order valence-electron chi connectivity index (χ3n) is 1.74. The van der Waals surface area contributed by atoms with Gasteiger partial charge < -0.3 is 0 Å². The Labute approximate surface area is 115 Å². The number of halogens is 7. The normalized spacial score (nSPS) is 12.5. The van der Waals surface area contributed by atoms with Crippen LogP contribution in [0.3, 0.4) is 0 Å². The Bertz CT molecular complexity index is 487. The summed E-state index contributed by atoms with van der Waals surface area (Å²) < 4.78 is 49.8. The van der Waals surface area contributed by atoms with Gasteiger partial charge >= 0.3 is 5.38 Å². The van der Waals surface area contributed by atoms with E-state index in [4.69, 9.17) is 23.2 Å². The van der Waals surface area contributed by atoms with Crippen LogP contribution in [0.1, 0.15) is 5.56 Å². The summed E-state index contributed by atoms with van der Waals surface area (Å²) in [6.07, 6.45) is -2.71. The zero-order valence-corrected chi connectivity index (χ0v) is 10.7. The third kappa shape index (κ3) is 4.15. The minimum Gasteiger partial charge on any atom is -0.227 e. The van der Waals surface area contributed by atoms with Crippen LogP contribution in [0.4, 0.5) is 17.6 Å². The van der Waals surface area contributed by atoms with E-state index in [1.165, 1.54) is 24.3 Å². The summed E-state index contributed by atoms with van der Waals surface area (Å²) in [5, 5.41) is -4.47. The van der Waals surface area contributed by atoms with Gasteiger partial charge in [-0.25, -0.2) is 4.99 Å². The molecule has 0 unspecified atom stereocenters. The summed E-state index contributed by atoms with van der Waals surface area (Å²) in [7, 11) is 0. The van der Waals surface area contributed by atoms with Gasteiger partial charge in [0.2, 0.25) is 0 Å². The highest BCUT2D eigenvalue weighted by atomic mass is 35.5. The van der Waals surface area contributed by atoms with Gasteiger partial charge in [-0.2, -0.15) is 17.6 Å². The second kappa shape index (κ2) is 5.91. The molecule has 98 valence electrons. The molecule has 0 N–H and O–H groups in total. The molecular weight excluding hydrogens is 316 g/mol. The second-order valence-corrected chi connectivity index (χ2v) is 4.29. The Kier molecular flexibility index (Phi) is 5.01. The predicted octanol–water partition coefficient (Wildman–Crippen LogP) is 5.27. The lowest BCUT2D eigenvalue weighted by Crippen LogP contribution is -2.11. The SMILES string of the molecule is FC(F)=C(N=C(Cl)c1ccc(Cl)cc1)C(F)(F)Cl. The number of alkyl halides is 3. The van der Waals surface area contributed by atoms with E-state index in [2.05, 4.69) is 16.6 Å². The molecule has 1 aromatic rings. The first-order valence-electron chi connectivity index (χ1n) is 4.34. The minimum atomic E-state index is -4.30. The number of benzene rings is 1. The molecule has 0 saturated heterocycles. The molecule has 8 heteroatoms. The molecule has 1 nitrogen and oxygen atoms in total. The van der Waals surface area contributed by atoms with Crippen LogP contribution in [-0.2, 0) is 0 Å². The van der Waals surface area contributed by atoms with Gasteiger partial charge in [-0.05, 0) is 23.7 Å².